The first-order valence-electron chi connectivity index (χ1n) is 7.12. The summed E-state index contributed by atoms with van der Waals surface area (Å²) >= 11 is 6.75. The maximum absolute atomic E-state index is 12.2. The van der Waals surface area contributed by atoms with Gasteiger partial charge in [0.2, 0.25) is 5.91 Å². The first-order valence-corrected chi connectivity index (χ1v) is 8.41. The van der Waals surface area contributed by atoms with Gasteiger partial charge in [-0.25, -0.2) is 0 Å². The number of aromatic amines is 1. The summed E-state index contributed by atoms with van der Waals surface area (Å²) in [7, 11) is 0. The van der Waals surface area contributed by atoms with Crippen LogP contribution in [0.15, 0.2) is 41.8 Å². The molecule has 0 atom stereocenters. The van der Waals surface area contributed by atoms with E-state index in [2.05, 4.69) is 21.6 Å². The van der Waals surface area contributed by atoms with Crippen LogP contribution < -0.4 is 5.32 Å². The van der Waals surface area contributed by atoms with E-state index in [0.717, 1.165) is 10.4 Å². The number of hydrogen-bond donors (Lipinski definition) is 2. The van der Waals surface area contributed by atoms with E-state index in [1.54, 1.807) is 16.7 Å². The number of rotatable bonds is 5. The van der Waals surface area contributed by atoms with Crippen molar-refractivity contribution in [2.75, 3.05) is 0 Å². The van der Waals surface area contributed by atoms with Gasteiger partial charge < -0.3 is 5.32 Å². The minimum absolute atomic E-state index is 0.0961. The van der Waals surface area contributed by atoms with Crippen molar-refractivity contribution in [2.24, 2.45) is 0 Å². The van der Waals surface area contributed by atoms with E-state index in [1.165, 1.54) is 11.3 Å². The van der Waals surface area contributed by atoms with E-state index in [4.69, 9.17) is 17.5 Å². The number of benzene rings is 1. The first-order chi connectivity index (χ1) is 11.7. The molecule has 0 aliphatic carbocycles. The fourth-order valence-electron chi connectivity index (χ4n) is 2.16. The lowest BCUT2D eigenvalue weighted by atomic mass is 10.1. The highest BCUT2D eigenvalue weighted by molar-refractivity contribution is 7.71. The molecular formula is C16H13N5OS2. The number of amides is 1. The number of aromatic nitrogens is 3. The highest BCUT2D eigenvalue weighted by Gasteiger charge is 2.12. The van der Waals surface area contributed by atoms with Crippen LogP contribution in [0, 0.1) is 16.1 Å². The predicted octanol–water partition coefficient (Wildman–Crippen LogP) is 2.86. The predicted molar refractivity (Wildman–Crippen MR) is 93.7 cm³/mol. The Kier molecular flexibility index (Phi) is 4.84. The lowest BCUT2D eigenvalue weighted by Crippen LogP contribution is -2.27. The van der Waals surface area contributed by atoms with Crippen LogP contribution in [0.25, 0.3) is 10.7 Å². The summed E-state index contributed by atoms with van der Waals surface area (Å²) in [6.07, 6.45) is 0. The molecule has 6 nitrogen and oxygen atoms in total. The monoisotopic (exact) mass is 355 g/mol. The average Bonchev–Trinajstić information content (AvgIpc) is 3.24. The molecule has 0 saturated heterocycles. The zero-order valence-corrected chi connectivity index (χ0v) is 14.2. The van der Waals surface area contributed by atoms with Gasteiger partial charge in [-0.05, 0) is 41.4 Å². The molecule has 1 amide bonds. The fourth-order valence-corrected chi connectivity index (χ4v) is 3.07. The number of nitrogens with one attached hydrogen (secondary N) is 2. The molecule has 0 unspecified atom stereocenters. The number of nitrogens with zero attached hydrogens (tertiary/aromatic N) is 3. The van der Waals surface area contributed by atoms with Crippen LogP contribution in [0.1, 0.15) is 11.1 Å². The zero-order chi connectivity index (χ0) is 16.9. The van der Waals surface area contributed by atoms with Gasteiger partial charge in [-0.1, -0.05) is 18.2 Å². The SMILES string of the molecule is N#Cc1ccc(CNC(=O)Cn2c(-c3cccs3)n[nH]c2=S)cc1. The number of H-pyrrole nitrogens is 1. The van der Waals surface area contributed by atoms with Crippen molar-refractivity contribution in [1.82, 2.24) is 20.1 Å². The Morgan fingerprint density at radius 1 is 1.38 bits per heavy atom. The summed E-state index contributed by atoms with van der Waals surface area (Å²) in [5.74, 6) is 0.498. The summed E-state index contributed by atoms with van der Waals surface area (Å²) in [6.45, 7) is 0.489. The van der Waals surface area contributed by atoms with Gasteiger partial charge >= 0.3 is 0 Å². The van der Waals surface area contributed by atoms with Gasteiger partial charge in [-0.2, -0.15) is 10.4 Å². The third-order valence-corrected chi connectivity index (χ3v) is 4.55. The highest BCUT2D eigenvalue weighted by Crippen LogP contribution is 2.22. The lowest BCUT2D eigenvalue weighted by Gasteiger charge is -2.07. The first kappa shape index (κ1) is 16.1. The van der Waals surface area contributed by atoms with Crippen molar-refractivity contribution in [3.8, 4) is 16.8 Å². The molecule has 0 fully saturated rings. The van der Waals surface area contributed by atoms with Gasteiger partial charge in [0.1, 0.15) is 6.54 Å². The fraction of sp³-hybridized carbons (Fsp3) is 0.125. The molecule has 0 aliphatic rings. The maximum Gasteiger partial charge on any atom is 0.240 e. The zero-order valence-electron chi connectivity index (χ0n) is 12.5. The van der Waals surface area contributed by atoms with Crippen molar-refractivity contribution < 1.29 is 4.79 Å². The Morgan fingerprint density at radius 3 is 2.83 bits per heavy atom. The van der Waals surface area contributed by atoms with Crippen LogP contribution >= 0.6 is 23.6 Å². The molecule has 1 aromatic carbocycles. The van der Waals surface area contributed by atoms with Gasteiger partial charge in [0.15, 0.2) is 10.6 Å². The van der Waals surface area contributed by atoms with E-state index in [1.807, 2.05) is 29.6 Å². The summed E-state index contributed by atoms with van der Waals surface area (Å²) in [6, 6.07) is 13.0. The lowest BCUT2D eigenvalue weighted by molar-refractivity contribution is -0.121. The van der Waals surface area contributed by atoms with Gasteiger partial charge in [-0.15, -0.1) is 11.3 Å². The smallest absolute Gasteiger partial charge is 0.240 e. The summed E-state index contributed by atoms with van der Waals surface area (Å²) < 4.78 is 2.09. The summed E-state index contributed by atoms with van der Waals surface area (Å²) in [4.78, 5) is 13.2. The van der Waals surface area contributed by atoms with Crippen LogP contribution in [0.4, 0.5) is 0 Å². The topological polar surface area (TPSA) is 86.5 Å². The molecule has 3 rings (SSSR count). The standard InChI is InChI=1S/C16H13N5OS2/c17-8-11-3-5-12(6-4-11)9-18-14(22)10-21-15(19-20-16(21)23)13-2-1-7-24-13/h1-7H,9-10H2,(H,18,22)(H,20,23). The average molecular weight is 355 g/mol. The van der Waals surface area contributed by atoms with Gasteiger partial charge in [0.25, 0.3) is 0 Å². The molecule has 2 heterocycles. The summed E-state index contributed by atoms with van der Waals surface area (Å²) in [5, 5.41) is 20.5. The highest BCUT2D eigenvalue weighted by atomic mass is 32.1. The Balaban J connectivity index is 1.66. The van der Waals surface area contributed by atoms with Crippen LogP contribution in [0.5, 0.6) is 0 Å². The number of carbonyl (C=O) groups excluding carboxylic acids is 1. The molecule has 120 valence electrons. The Labute approximate surface area is 147 Å². The quantitative estimate of drug-likeness (QED) is 0.689. The molecule has 2 N–H and O–H groups in total. The van der Waals surface area contributed by atoms with E-state index >= 15 is 0 Å². The second-order valence-electron chi connectivity index (χ2n) is 5.00. The van der Waals surface area contributed by atoms with Crippen molar-refractivity contribution in [3.05, 3.63) is 57.7 Å². The van der Waals surface area contributed by atoms with E-state index in [-0.39, 0.29) is 12.5 Å². The minimum Gasteiger partial charge on any atom is -0.350 e. The number of carbonyl (C=O) groups is 1. The van der Waals surface area contributed by atoms with Crippen molar-refractivity contribution in [3.63, 3.8) is 0 Å². The molecule has 8 heteroatoms. The van der Waals surface area contributed by atoms with E-state index in [0.29, 0.717) is 22.7 Å². The molecule has 3 aromatic rings. The third-order valence-electron chi connectivity index (χ3n) is 3.37. The molecule has 0 aliphatic heterocycles. The van der Waals surface area contributed by atoms with Crippen LogP contribution in [0.3, 0.4) is 0 Å². The molecule has 2 aromatic heterocycles. The molecular weight excluding hydrogens is 342 g/mol. The van der Waals surface area contributed by atoms with Gasteiger partial charge in [0, 0.05) is 6.54 Å². The third kappa shape index (κ3) is 3.59. The van der Waals surface area contributed by atoms with Crippen molar-refractivity contribution in [2.45, 2.75) is 13.1 Å². The second kappa shape index (κ2) is 7.21. The van der Waals surface area contributed by atoms with Gasteiger partial charge in [-0.3, -0.25) is 14.5 Å². The van der Waals surface area contributed by atoms with E-state index in [9.17, 15) is 4.79 Å². The molecule has 0 radical (unpaired) electrons. The molecule has 0 spiro atoms. The maximum atomic E-state index is 12.2. The minimum atomic E-state index is -0.158. The Hall–Kier alpha value is -2.76. The molecule has 0 bridgehead atoms. The van der Waals surface area contributed by atoms with Gasteiger partial charge in [0.05, 0.1) is 16.5 Å². The number of hydrogen-bond acceptors (Lipinski definition) is 5. The van der Waals surface area contributed by atoms with Crippen LogP contribution in [-0.2, 0) is 17.9 Å². The largest absolute Gasteiger partial charge is 0.350 e. The number of thiophene rings is 1. The Bertz CT molecular complexity index is 932. The normalized spacial score (nSPS) is 10.3. The summed E-state index contributed by atoms with van der Waals surface area (Å²) in [5.41, 5.74) is 1.52. The van der Waals surface area contributed by atoms with E-state index < -0.39 is 0 Å². The molecule has 24 heavy (non-hydrogen) atoms. The number of nitriles is 1. The second-order valence-corrected chi connectivity index (χ2v) is 6.34. The van der Waals surface area contributed by atoms with Crippen molar-refractivity contribution in [1.29, 1.82) is 5.26 Å². The van der Waals surface area contributed by atoms with Crippen molar-refractivity contribution >= 4 is 29.5 Å². The van der Waals surface area contributed by atoms with Crippen LogP contribution in [0.2, 0.25) is 0 Å². The van der Waals surface area contributed by atoms with Crippen LogP contribution in [-0.4, -0.2) is 20.7 Å². The Morgan fingerprint density at radius 2 is 2.17 bits per heavy atom. The molecule has 0 saturated carbocycles.